The van der Waals surface area contributed by atoms with Gasteiger partial charge in [0.05, 0.1) is 5.69 Å². The van der Waals surface area contributed by atoms with Crippen LogP contribution >= 0.6 is 11.6 Å². The van der Waals surface area contributed by atoms with Gasteiger partial charge >= 0.3 is 5.97 Å². The summed E-state index contributed by atoms with van der Waals surface area (Å²) in [7, 11) is 0. The standard InChI is InChI=1S/C36H39ClN6O4/c1-6-7-12-30-38-33(37)29(20-46-35(45)36(5)18-17-26-23(4)31(44)21(2)22(3)32(26)47-36)43(30)19-24-13-15-25(16-14-24)27-10-8-9-11-28(27)34-39-41-42-40-34/h8-11,13-16,44H,6-7,12,17-20H2,1-5H3,(H,39,40,41,42). The molecule has 244 valence electrons. The number of nitrogens with zero attached hydrogens (tertiary/aromatic N) is 5. The number of rotatable bonds is 10. The van der Waals surface area contributed by atoms with E-state index in [1.54, 1.807) is 6.92 Å². The van der Waals surface area contributed by atoms with Crippen molar-refractivity contribution >= 4 is 17.6 Å². The zero-order chi connectivity index (χ0) is 33.3. The number of unbranched alkanes of at least 4 members (excludes halogenated alkanes) is 1. The van der Waals surface area contributed by atoms with E-state index < -0.39 is 11.6 Å². The molecule has 10 nitrogen and oxygen atoms in total. The van der Waals surface area contributed by atoms with Gasteiger partial charge in [-0.3, -0.25) is 0 Å². The van der Waals surface area contributed by atoms with Crippen molar-refractivity contribution in [1.29, 1.82) is 0 Å². The lowest BCUT2D eigenvalue weighted by atomic mass is 9.87. The Morgan fingerprint density at radius 1 is 1.09 bits per heavy atom. The summed E-state index contributed by atoms with van der Waals surface area (Å²) in [4.78, 5) is 18.3. The number of ether oxygens (including phenoxy) is 2. The van der Waals surface area contributed by atoms with Gasteiger partial charge in [-0.1, -0.05) is 73.5 Å². The molecule has 0 radical (unpaired) electrons. The minimum absolute atomic E-state index is 0.0363. The first-order chi connectivity index (χ1) is 22.6. The Hall–Kier alpha value is -4.70. The molecule has 3 heterocycles. The van der Waals surface area contributed by atoms with E-state index in [0.717, 1.165) is 69.6 Å². The molecule has 1 aliphatic heterocycles. The van der Waals surface area contributed by atoms with E-state index in [1.807, 2.05) is 45.0 Å². The SMILES string of the molecule is CCCCc1nc(Cl)c(COC(=O)C2(C)CCc3c(C)c(O)c(C)c(C)c3O2)n1Cc1ccc(-c2ccccc2-c2nn[nH]n2)cc1. The highest BCUT2D eigenvalue weighted by atomic mass is 35.5. The van der Waals surface area contributed by atoms with Crippen molar-refractivity contribution in [3.8, 4) is 34.0 Å². The molecule has 0 saturated carbocycles. The Balaban J connectivity index is 1.23. The highest BCUT2D eigenvalue weighted by Crippen LogP contribution is 2.43. The molecule has 0 aliphatic carbocycles. The first-order valence-corrected chi connectivity index (χ1v) is 16.3. The van der Waals surface area contributed by atoms with Gasteiger partial charge < -0.3 is 19.1 Å². The first kappa shape index (κ1) is 32.2. The number of aromatic nitrogens is 6. The average Bonchev–Trinajstić information content (AvgIpc) is 3.72. The second-order valence-corrected chi connectivity index (χ2v) is 12.7. The molecule has 2 aromatic heterocycles. The Morgan fingerprint density at radius 3 is 2.53 bits per heavy atom. The van der Waals surface area contributed by atoms with Crippen LogP contribution in [0.3, 0.4) is 0 Å². The first-order valence-electron chi connectivity index (χ1n) is 15.9. The molecule has 5 aromatic rings. The third-order valence-electron chi connectivity index (χ3n) is 9.27. The zero-order valence-electron chi connectivity index (χ0n) is 27.4. The number of aryl methyl sites for hydroxylation is 1. The van der Waals surface area contributed by atoms with Crippen LogP contribution in [-0.2, 0) is 35.5 Å². The van der Waals surface area contributed by atoms with E-state index in [-0.39, 0.29) is 12.4 Å². The number of phenols is 1. The van der Waals surface area contributed by atoms with Crippen LogP contribution in [0.25, 0.3) is 22.5 Å². The number of nitrogens with one attached hydrogen (secondary N) is 1. The van der Waals surface area contributed by atoms with Crippen molar-refractivity contribution in [2.75, 3.05) is 0 Å². The molecule has 3 aromatic carbocycles. The lowest BCUT2D eigenvalue weighted by Gasteiger charge is -2.36. The van der Waals surface area contributed by atoms with E-state index in [2.05, 4.69) is 61.4 Å². The van der Waals surface area contributed by atoms with Crippen molar-refractivity contribution in [2.45, 2.75) is 85.5 Å². The maximum Gasteiger partial charge on any atom is 0.350 e. The van der Waals surface area contributed by atoms with Gasteiger partial charge in [0.1, 0.15) is 23.9 Å². The molecule has 0 bridgehead atoms. The molecular weight excluding hydrogens is 616 g/mol. The van der Waals surface area contributed by atoms with Crippen molar-refractivity contribution in [3.05, 3.63) is 93.0 Å². The number of aromatic hydroxyl groups is 1. The summed E-state index contributed by atoms with van der Waals surface area (Å²) in [6.07, 6.45) is 3.74. The molecular formula is C36H39ClN6O4. The molecule has 0 saturated heterocycles. The number of hydrogen-bond donors (Lipinski definition) is 2. The maximum atomic E-state index is 13.6. The summed E-state index contributed by atoms with van der Waals surface area (Å²) in [6.45, 7) is 10.0. The minimum Gasteiger partial charge on any atom is -0.507 e. The maximum absolute atomic E-state index is 13.6. The molecule has 11 heteroatoms. The van der Waals surface area contributed by atoms with Crippen molar-refractivity contribution < 1.29 is 19.4 Å². The fourth-order valence-electron chi connectivity index (χ4n) is 6.21. The summed E-state index contributed by atoms with van der Waals surface area (Å²) < 4.78 is 14.4. The van der Waals surface area contributed by atoms with Crippen LogP contribution in [0.15, 0.2) is 48.5 Å². The fourth-order valence-corrected chi connectivity index (χ4v) is 6.47. The zero-order valence-corrected chi connectivity index (χ0v) is 28.1. The molecule has 0 amide bonds. The van der Waals surface area contributed by atoms with Crippen LogP contribution in [0.4, 0.5) is 0 Å². The number of hydrogen-bond acceptors (Lipinski definition) is 8. The number of imidazole rings is 1. The Morgan fingerprint density at radius 2 is 1.83 bits per heavy atom. The van der Waals surface area contributed by atoms with Gasteiger partial charge in [0, 0.05) is 30.5 Å². The van der Waals surface area contributed by atoms with E-state index in [0.29, 0.717) is 41.8 Å². The molecule has 47 heavy (non-hydrogen) atoms. The highest BCUT2D eigenvalue weighted by molar-refractivity contribution is 6.30. The molecule has 0 spiro atoms. The normalized spacial score (nSPS) is 15.7. The van der Waals surface area contributed by atoms with Gasteiger partial charge in [0.25, 0.3) is 0 Å². The number of H-pyrrole nitrogens is 1. The summed E-state index contributed by atoms with van der Waals surface area (Å²) >= 11 is 6.71. The Labute approximate surface area is 279 Å². The van der Waals surface area contributed by atoms with E-state index in [4.69, 9.17) is 21.1 Å². The number of fused-ring (bicyclic) bond motifs is 1. The van der Waals surface area contributed by atoms with Gasteiger partial charge in [-0.15, -0.1) is 10.2 Å². The van der Waals surface area contributed by atoms with E-state index >= 15 is 0 Å². The summed E-state index contributed by atoms with van der Waals surface area (Å²) in [5, 5.41) is 25.4. The third kappa shape index (κ3) is 6.22. The van der Waals surface area contributed by atoms with Crippen LogP contribution in [0.2, 0.25) is 5.15 Å². The third-order valence-corrected chi connectivity index (χ3v) is 9.57. The minimum atomic E-state index is -1.18. The molecule has 1 aliphatic rings. The number of carbonyl (C=O) groups is 1. The van der Waals surface area contributed by atoms with Crippen LogP contribution in [0, 0.1) is 20.8 Å². The number of tetrazole rings is 1. The molecule has 1 unspecified atom stereocenters. The van der Waals surface area contributed by atoms with Gasteiger partial charge in [-0.25, -0.2) is 9.78 Å². The summed E-state index contributed by atoms with van der Waals surface area (Å²) in [5.74, 6) is 1.85. The monoisotopic (exact) mass is 654 g/mol. The van der Waals surface area contributed by atoms with Gasteiger partial charge in [0.2, 0.25) is 11.4 Å². The molecule has 1 atom stereocenters. The Kier molecular flexibility index (Phi) is 9.05. The molecule has 0 fully saturated rings. The van der Waals surface area contributed by atoms with Crippen LogP contribution < -0.4 is 4.74 Å². The molecule has 2 N–H and O–H groups in total. The van der Waals surface area contributed by atoms with E-state index in [1.165, 1.54) is 0 Å². The number of carbonyl (C=O) groups excluding carboxylic acids is 1. The predicted octanol–water partition coefficient (Wildman–Crippen LogP) is 7.23. The number of aromatic amines is 1. The highest BCUT2D eigenvalue weighted by Gasteiger charge is 2.42. The summed E-state index contributed by atoms with van der Waals surface area (Å²) in [5.41, 5.74) is 6.73. The van der Waals surface area contributed by atoms with Gasteiger partial charge in [0.15, 0.2) is 5.15 Å². The second kappa shape index (κ2) is 13.2. The predicted molar refractivity (Wildman–Crippen MR) is 179 cm³/mol. The topological polar surface area (TPSA) is 128 Å². The van der Waals surface area contributed by atoms with E-state index in [9.17, 15) is 9.90 Å². The lowest BCUT2D eigenvalue weighted by molar-refractivity contribution is -0.163. The Bertz CT molecular complexity index is 1920. The lowest BCUT2D eigenvalue weighted by Crippen LogP contribution is -2.46. The second-order valence-electron chi connectivity index (χ2n) is 12.4. The van der Waals surface area contributed by atoms with Crippen molar-refractivity contribution in [3.63, 3.8) is 0 Å². The number of benzene rings is 3. The van der Waals surface area contributed by atoms with Crippen LogP contribution in [0.1, 0.15) is 72.4 Å². The number of phenolic OH excluding ortho intramolecular Hbond substituents is 1. The van der Waals surface area contributed by atoms with Gasteiger partial charge in [-0.05, 0) is 79.1 Å². The average molecular weight is 655 g/mol. The fraction of sp³-hybridized carbons (Fsp3) is 0.361. The summed E-state index contributed by atoms with van der Waals surface area (Å²) in [6, 6.07) is 16.2. The van der Waals surface area contributed by atoms with Crippen LogP contribution in [-0.4, -0.2) is 46.9 Å². The van der Waals surface area contributed by atoms with Crippen LogP contribution in [0.5, 0.6) is 11.5 Å². The number of halogens is 1. The van der Waals surface area contributed by atoms with Gasteiger partial charge in [-0.2, -0.15) is 5.21 Å². The molecule has 6 rings (SSSR count). The number of esters is 1. The largest absolute Gasteiger partial charge is 0.507 e. The smallest absolute Gasteiger partial charge is 0.350 e. The van der Waals surface area contributed by atoms with Crippen molar-refractivity contribution in [2.24, 2.45) is 0 Å². The van der Waals surface area contributed by atoms with Crippen molar-refractivity contribution in [1.82, 2.24) is 30.2 Å². The quantitative estimate of drug-likeness (QED) is 0.151.